The van der Waals surface area contributed by atoms with E-state index >= 15 is 0 Å². The van der Waals surface area contributed by atoms with E-state index in [1.165, 1.54) is 6.20 Å². The molecule has 0 saturated carbocycles. The Morgan fingerprint density at radius 1 is 1.26 bits per heavy atom. The number of benzene rings is 1. The standard InChI is InChI=1S/C16H20N4O3/c1-16(2,9-17)20-13(21)8-19-15(23)11-7-18-12-6-4-3-5-10(12)14(11)22/h3-7H,8-9,17H2,1-2H3,(H,18,22)(H,19,23)(H,20,21). The molecule has 7 heteroatoms. The minimum Gasteiger partial charge on any atom is -0.360 e. The number of hydrogen-bond donors (Lipinski definition) is 4. The van der Waals surface area contributed by atoms with E-state index in [2.05, 4.69) is 15.6 Å². The minimum atomic E-state index is -0.599. The van der Waals surface area contributed by atoms with Crippen LogP contribution >= 0.6 is 0 Å². The molecule has 0 aliphatic carbocycles. The second-order valence-corrected chi connectivity index (χ2v) is 5.90. The summed E-state index contributed by atoms with van der Waals surface area (Å²) in [5.41, 5.74) is 5.21. The van der Waals surface area contributed by atoms with Crippen LogP contribution in [0.15, 0.2) is 35.3 Å². The highest BCUT2D eigenvalue weighted by atomic mass is 16.2. The number of nitrogens with one attached hydrogen (secondary N) is 3. The van der Waals surface area contributed by atoms with Gasteiger partial charge >= 0.3 is 0 Å². The number of para-hydroxylation sites is 1. The van der Waals surface area contributed by atoms with Crippen LogP contribution < -0.4 is 21.8 Å². The van der Waals surface area contributed by atoms with Crippen LogP contribution in [0.2, 0.25) is 0 Å². The molecule has 0 unspecified atom stereocenters. The number of rotatable bonds is 5. The maximum atomic E-state index is 12.3. The van der Waals surface area contributed by atoms with Crippen LogP contribution in [-0.4, -0.2) is 35.4 Å². The number of fused-ring (bicyclic) bond motifs is 1. The average molecular weight is 316 g/mol. The molecule has 0 saturated heterocycles. The van der Waals surface area contributed by atoms with Gasteiger partial charge in [-0.2, -0.15) is 0 Å². The van der Waals surface area contributed by atoms with Gasteiger partial charge in [0.1, 0.15) is 5.56 Å². The van der Waals surface area contributed by atoms with Crippen LogP contribution in [0.5, 0.6) is 0 Å². The summed E-state index contributed by atoms with van der Waals surface area (Å²) in [4.78, 5) is 39.1. The SMILES string of the molecule is CC(C)(CN)NC(=O)CNC(=O)c1c[nH]c2ccccc2c1=O. The largest absolute Gasteiger partial charge is 0.360 e. The highest BCUT2D eigenvalue weighted by Crippen LogP contribution is 2.06. The number of amides is 2. The van der Waals surface area contributed by atoms with Gasteiger partial charge in [-0.05, 0) is 26.0 Å². The number of carbonyl (C=O) groups excluding carboxylic acids is 2. The molecule has 2 amide bonds. The first-order chi connectivity index (χ1) is 10.8. The van der Waals surface area contributed by atoms with Crippen molar-refractivity contribution in [3.05, 3.63) is 46.2 Å². The Balaban J connectivity index is 2.09. The van der Waals surface area contributed by atoms with Gasteiger partial charge in [0.05, 0.1) is 6.54 Å². The summed E-state index contributed by atoms with van der Waals surface area (Å²) in [5, 5.41) is 5.56. The van der Waals surface area contributed by atoms with Gasteiger partial charge in [0.15, 0.2) is 0 Å². The fraction of sp³-hybridized carbons (Fsp3) is 0.312. The summed E-state index contributed by atoms with van der Waals surface area (Å²) in [6, 6.07) is 6.91. The fourth-order valence-corrected chi connectivity index (χ4v) is 2.06. The zero-order valence-electron chi connectivity index (χ0n) is 13.1. The highest BCUT2D eigenvalue weighted by molar-refractivity contribution is 5.98. The average Bonchev–Trinajstić information content (AvgIpc) is 2.53. The Hall–Kier alpha value is -2.67. The quantitative estimate of drug-likeness (QED) is 0.626. The van der Waals surface area contributed by atoms with Crippen molar-refractivity contribution in [3.8, 4) is 0 Å². The highest BCUT2D eigenvalue weighted by Gasteiger charge is 2.19. The van der Waals surface area contributed by atoms with E-state index in [9.17, 15) is 14.4 Å². The summed E-state index contributed by atoms with van der Waals surface area (Å²) in [6.07, 6.45) is 1.35. The van der Waals surface area contributed by atoms with Gasteiger partial charge in [-0.1, -0.05) is 12.1 Å². The molecule has 0 fully saturated rings. The number of pyridine rings is 1. The van der Waals surface area contributed by atoms with Crippen molar-refractivity contribution in [1.82, 2.24) is 15.6 Å². The van der Waals surface area contributed by atoms with E-state index in [4.69, 9.17) is 5.73 Å². The van der Waals surface area contributed by atoms with E-state index in [1.54, 1.807) is 38.1 Å². The molecule has 0 aliphatic rings. The number of aromatic amines is 1. The first-order valence-corrected chi connectivity index (χ1v) is 7.24. The van der Waals surface area contributed by atoms with Crippen molar-refractivity contribution in [1.29, 1.82) is 0 Å². The minimum absolute atomic E-state index is 0.0328. The molecule has 23 heavy (non-hydrogen) atoms. The van der Waals surface area contributed by atoms with E-state index in [-0.39, 0.29) is 30.0 Å². The first kappa shape index (κ1) is 16.7. The summed E-state index contributed by atoms with van der Waals surface area (Å²) >= 11 is 0. The topological polar surface area (TPSA) is 117 Å². The lowest BCUT2D eigenvalue weighted by Crippen LogP contribution is -2.51. The summed E-state index contributed by atoms with van der Waals surface area (Å²) in [6.45, 7) is 3.60. The Morgan fingerprint density at radius 2 is 1.96 bits per heavy atom. The molecule has 1 aromatic heterocycles. The molecule has 1 aromatic carbocycles. The molecule has 7 nitrogen and oxygen atoms in total. The van der Waals surface area contributed by atoms with E-state index in [1.807, 2.05) is 0 Å². The molecule has 1 heterocycles. The van der Waals surface area contributed by atoms with E-state index < -0.39 is 11.4 Å². The van der Waals surface area contributed by atoms with Gasteiger partial charge in [-0.3, -0.25) is 14.4 Å². The molecule has 0 radical (unpaired) electrons. The third-order valence-electron chi connectivity index (χ3n) is 3.43. The lowest BCUT2D eigenvalue weighted by molar-refractivity contribution is -0.121. The Labute approximate surface area is 133 Å². The van der Waals surface area contributed by atoms with Gasteiger partial charge in [0, 0.05) is 29.2 Å². The zero-order valence-corrected chi connectivity index (χ0v) is 13.1. The van der Waals surface area contributed by atoms with Gasteiger partial charge < -0.3 is 21.4 Å². The number of H-pyrrole nitrogens is 1. The number of carbonyl (C=O) groups is 2. The van der Waals surface area contributed by atoms with Crippen LogP contribution in [0.25, 0.3) is 10.9 Å². The molecule has 5 N–H and O–H groups in total. The summed E-state index contributed by atoms with van der Waals surface area (Å²) in [5.74, 6) is -0.969. The molecule has 2 aromatic rings. The maximum absolute atomic E-state index is 12.3. The van der Waals surface area contributed by atoms with Gasteiger partial charge in [-0.15, -0.1) is 0 Å². The lowest BCUT2D eigenvalue weighted by Gasteiger charge is -2.24. The molecule has 0 atom stereocenters. The van der Waals surface area contributed by atoms with Crippen molar-refractivity contribution < 1.29 is 9.59 Å². The van der Waals surface area contributed by atoms with Crippen molar-refractivity contribution in [3.63, 3.8) is 0 Å². The van der Waals surface area contributed by atoms with Crippen LogP contribution in [0, 0.1) is 0 Å². The van der Waals surface area contributed by atoms with Crippen molar-refractivity contribution in [2.45, 2.75) is 19.4 Å². The van der Waals surface area contributed by atoms with Crippen LogP contribution in [0.1, 0.15) is 24.2 Å². The van der Waals surface area contributed by atoms with Gasteiger partial charge in [-0.25, -0.2) is 0 Å². The normalized spacial score (nSPS) is 11.3. The Morgan fingerprint density at radius 3 is 2.65 bits per heavy atom. The fourth-order valence-electron chi connectivity index (χ4n) is 2.06. The van der Waals surface area contributed by atoms with Crippen LogP contribution in [-0.2, 0) is 4.79 Å². The first-order valence-electron chi connectivity index (χ1n) is 7.24. The predicted molar refractivity (Wildman–Crippen MR) is 88.2 cm³/mol. The van der Waals surface area contributed by atoms with E-state index in [0.717, 1.165) is 0 Å². The molecular weight excluding hydrogens is 296 g/mol. The number of nitrogens with two attached hydrogens (primary N) is 1. The number of aromatic nitrogens is 1. The van der Waals surface area contributed by atoms with Gasteiger partial charge in [0.25, 0.3) is 5.91 Å². The Bertz CT molecular complexity index is 795. The summed E-state index contributed by atoms with van der Waals surface area (Å²) in [7, 11) is 0. The zero-order chi connectivity index (χ0) is 17.0. The predicted octanol–water partition coefficient (Wildman–Crippen LogP) is 0.111. The van der Waals surface area contributed by atoms with Crippen LogP contribution in [0.4, 0.5) is 0 Å². The molecule has 0 bridgehead atoms. The number of hydrogen-bond acceptors (Lipinski definition) is 4. The Kier molecular flexibility index (Phi) is 4.80. The monoisotopic (exact) mass is 316 g/mol. The van der Waals surface area contributed by atoms with Gasteiger partial charge in [0.2, 0.25) is 11.3 Å². The molecular formula is C16H20N4O3. The molecule has 0 spiro atoms. The molecule has 0 aliphatic heterocycles. The third-order valence-corrected chi connectivity index (χ3v) is 3.43. The van der Waals surface area contributed by atoms with Crippen LogP contribution in [0.3, 0.4) is 0 Å². The summed E-state index contributed by atoms with van der Waals surface area (Å²) < 4.78 is 0. The maximum Gasteiger partial charge on any atom is 0.257 e. The molecule has 122 valence electrons. The van der Waals surface area contributed by atoms with E-state index in [0.29, 0.717) is 10.9 Å². The molecule has 2 rings (SSSR count). The smallest absolute Gasteiger partial charge is 0.257 e. The van der Waals surface area contributed by atoms with Crippen molar-refractivity contribution >= 4 is 22.7 Å². The lowest BCUT2D eigenvalue weighted by atomic mass is 10.1. The second-order valence-electron chi connectivity index (χ2n) is 5.90. The van der Waals surface area contributed by atoms with Crippen molar-refractivity contribution in [2.75, 3.05) is 13.1 Å². The second kappa shape index (κ2) is 6.62. The third kappa shape index (κ3) is 3.95. The van der Waals surface area contributed by atoms with Crippen molar-refractivity contribution in [2.24, 2.45) is 5.73 Å².